The van der Waals surface area contributed by atoms with Crippen molar-refractivity contribution in [2.24, 2.45) is 5.92 Å². The Morgan fingerprint density at radius 2 is 1.70 bits per heavy atom. The topological polar surface area (TPSA) is 303 Å². The molecule has 0 saturated carbocycles. The fraction of sp³-hybridized carbons (Fsp3) is 0.552. The van der Waals surface area contributed by atoms with Crippen molar-refractivity contribution in [2.75, 3.05) is 59.9 Å². The van der Waals surface area contributed by atoms with Crippen LogP contribution in [0.2, 0.25) is 0 Å². The number of fused-ring (bicyclic) bond motifs is 5. The molecule has 3 aliphatic heterocycles. The standard InChI is InChI=1S/C58H74FN11O12S/c1-8-58(78)40-24-45-52-38(29-70(45)55(76)39(40)30-82-56(58)77)50-42(18-17-37-34(4)41(59)25-44(65-52)49(37)50)64-48(73)31-81-32-63-47(72)28-60-53(74)43(15-12-13-21-69-22-19-36(20-23-69)68(5)6)66-54(75)51(33(2)3)67-46(71)16-11-9-10-14-35-26-61-57(62-27-35)83(7,79)80/h24-27,33,36,42-43,51,78H,8-9,11-13,15-23,28-32H2,1-7H3,(H,60,74)(H,63,72)(H,64,73)(H,66,75)(H,67,71)/t42-,43-,51-,58-/m0/s1. The van der Waals surface area contributed by atoms with Gasteiger partial charge in [-0.2, -0.15) is 0 Å². The van der Waals surface area contributed by atoms with E-state index in [1.807, 2.05) is 0 Å². The van der Waals surface area contributed by atoms with Crippen LogP contribution in [0, 0.1) is 30.5 Å². The smallest absolute Gasteiger partial charge is 0.343 e. The number of pyridine rings is 2. The highest BCUT2D eigenvalue weighted by atomic mass is 32.2. The molecule has 4 atom stereocenters. The summed E-state index contributed by atoms with van der Waals surface area (Å²) in [5, 5.41) is 25.6. The predicted octanol–water partition coefficient (Wildman–Crippen LogP) is 2.07. The molecule has 3 aromatic heterocycles. The monoisotopic (exact) mass is 1170 g/mol. The first-order valence-electron chi connectivity index (χ1n) is 28.2. The number of nitrogens with zero attached hydrogens (tertiary/aromatic N) is 6. The molecule has 4 aromatic rings. The predicted molar refractivity (Wildman–Crippen MR) is 302 cm³/mol. The van der Waals surface area contributed by atoms with Gasteiger partial charge in [0.15, 0.2) is 5.60 Å². The van der Waals surface area contributed by atoms with Crippen molar-refractivity contribution in [3.05, 3.63) is 79.6 Å². The third-order valence-electron chi connectivity index (χ3n) is 16.0. The second-order valence-corrected chi connectivity index (χ2v) is 24.3. The third kappa shape index (κ3) is 14.2. The molecule has 0 bridgehead atoms. The Labute approximate surface area is 481 Å². The number of benzene rings is 1. The lowest BCUT2D eigenvalue weighted by Gasteiger charge is -2.35. The van der Waals surface area contributed by atoms with Gasteiger partial charge in [0.05, 0.1) is 47.2 Å². The summed E-state index contributed by atoms with van der Waals surface area (Å²) in [4.78, 5) is 111. The Balaban J connectivity index is 0.852. The number of aromatic nitrogens is 4. The van der Waals surface area contributed by atoms with Gasteiger partial charge >= 0.3 is 5.97 Å². The van der Waals surface area contributed by atoms with E-state index in [0.717, 1.165) is 50.7 Å². The number of likely N-dealkylation sites (tertiary alicyclic amines) is 1. The van der Waals surface area contributed by atoms with E-state index in [1.165, 1.54) is 23.0 Å². The van der Waals surface area contributed by atoms with Crippen LogP contribution in [-0.2, 0) is 73.3 Å². The Morgan fingerprint density at radius 1 is 0.964 bits per heavy atom. The van der Waals surface area contributed by atoms with E-state index in [1.54, 1.807) is 33.8 Å². The van der Waals surface area contributed by atoms with Gasteiger partial charge in [0.25, 0.3) is 5.56 Å². The van der Waals surface area contributed by atoms with Crippen molar-refractivity contribution in [1.82, 2.24) is 55.9 Å². The first-order valence-corrected chi connectivity index (χ1v) is 30.1. The average Bonchev–Trinajstić information content (AvgIpc) is 1.86. The molecule has 1 fully saturated rings. The van der Waals surface area contributed by atoms with Gasteiger partial charge in [-0.1, -0.05) is 32.6 Å². The average molecular weight is 1170 g/mol. The number of carbonyl (C=O) groups excluding carboxylic acids is 6. The summed E-state index contributed by atoms with van der Waals surface area (Å²) in [6.45, 7) is 7.96. The number of unbranched alkanes of at least 4 members (excludes halogenated alkanes) is 2. The van der Waals surface area contributed by atoms with Crippen LogP contribution >= 0.6 is 0 Å². The number of piperidine rings is 1. The Bertz CT molecular complexity index is 3410. The van der Waals surface area contributed by atoms with Crippen molar-refractivity contribution in [1.29, 1.82) is 0 Å². The number of ether oxygens (including phenoxy) is 2. The molecular weight excluding hydrogens is 1090 g/mol. The van der Waals surface area contributed by atoms with Crippen LogP contribution in [0.25, 0.3) is 22.3 Å². The van der Waals surface area contributed by atoms with Crippen molar-refractivity contribution >= 4 is 56.2 Å². The molecule has 0 spiro atoms. The SMILES string of the molecule is CC[C@@]1(O)C(=O)OCc2c1cc1n(c2=O)Cc2c-1nc1cc(F)c(C)c3c1c2[C@@H](NC(=O)COCNC(=O)CNC(=O)[C@H](CCCCN1CCC(N(C)C)CC1)NC(=O)[C@@H](NC(=O)CCCC#Cc1cnc(S(C)(=O)=O)nc1)C(C)C)CC3. The van der Waals surface area contributed by atoms with Gasteiger partial charge in [0.1, 0.15) is 37.8 Å². The summed E-state index contributed by atoms with van der Waals surface area (Å²) in [6.07, 6.45) is 8.81. The molecule has 5 amide bonds. The zero-order valence-corrected chi connectivity index (χ0v) is 48.9. The maximum atomic E-state index is 15.4. The highest BCUT2D eigenvalue weighted by Gasteiger charge is 2.46. The Morgan fingerprint density at radius 3 is 2.39 bits per heavy atom. The largest absolute Gasteiger partial charge is 0.458 e. The van der Waals surface area contributed by atoms with E-state index in [-0.39, 0.29) is 54.6 Å². The number of halogens is 1. The number of esters is 1. The van der Waals surface area contributed by atoms with E-state index in [0.29, 0.717) is 82.7 Å². The third-order valence-corrected chi connectivity index (χ3v) is 16.9. The summed E-state index contributed by atoms with van der Waals surface area (Å²) < 4.78 is 51.0. The summed E-state index contributed by atoms with van der Waals surface area (Å²) in [5.74, 6) is 1.35. The van der Waals surface area contributed by atoms with Crippen LogP contribution in [0.15, 0.2) is 34.5 Å². The fourth-order valence-electron chi connectivity index (χ4n) is 11.3. The van der Waals surface area contributed by atoms with Crippen LogP contribution in [0.3, 0.4) is 0 Å². The molecule has 8 rings (SSSR count). The molecule has 25 heteroatoms. The van der Waals surface area contributed by atoms with E-state index in [4.69, 9.17) is 14.5 Å². The molecule has 23 nitrogen and oxygen atoms in total. The maximum absolute atomic E-state index is 15.4. The minimum atomic E-state index is -3.55. The van der Waals surface area contributed by atoms with Gasteiger partial charge in [-0.15, -0.1) is 0 Å². The summed E-state index contributed by atoms with van der Waals surface area (Å²) in [7, 11) is 0.616. The van der Waals surface area contributed by atoms with Gasteiger partial charge in [-0.25, -0.2) is 32.6 Å². The molecule has 0 unspecified atom stereocenters. The zero-order chi connectivity index (χ0) is 59.9. The molecule has 6 N–H and O–H groups in total. The van der Waals surface area contributed by atoms with Crippen molar-refractivity contribution in [3.63, 3.8) is 0 Å². The minimum absolute atomic E-state index is 0.0455. The van der Waals surface area contributed by atoms with Gasteiger partial charge in [-0.3, -0.25) is 28.8 Å². The van der Waals surface area contributed by atoms with Gasteiger partial charge in [0.2, 0.25) is 44.5 Å². The minimum Gasteiger partial charge on any atom is -0.458 e. The van der Waals surface area contributed by atoms with Gasteiger partial charge in [0, 0.05) is 60.1 Å². The number of nitrogens with one attached hydrogen (secondary N) is 5. The number of hydrogen-bond donors (Lipinski definition) is 6. The highest BCUT2D eigenvalue weighted by Crippen LogP contribution is 2.46. The molecule has 4 aliphatic rings. The molecule has 83 heavy (non-hydrogen) atoms. The van der Waals surface area contributed by atoms with Crippen LogP contribution in [0.5, 0.6) is 0 Å². The summed E-state index contributed by atoms with van der Waals surface area (Å²) in [6, 6.07) is 0.777. The quantitative estimate of drug-likeness (QED) is 0.0179. The fourth-order valence-corrected chi connectivity index (χ4v) is 11.8. The highest BCUT2D eigenvalue weighted by molar-refractivity contribution is 7.90. The lowest BCUT2D eigenvalue weighted by molar-refractivity contribution is -0.172. The van der Waals surface area contributed by atoms with Crippen LogP contribution < -0.4 is 32.1 Å². The number of carbonyl (C=O) groups is 6. The number of cyclic esters (lactones) is 1. The zero-order valence-electron chi connectivity index (χ0n) is 48.0. The Kier molecular flexibility index (Phi) is 19.8. The van der Waals surface area contributed by atoms with Gasteiger partial charge in [-0.05, 0) is 127 Å². The number of aryl methyl sites for hydroxylation is 1. The van der Waals surface area contributed by atoms with E-state index >= 15 is 4.39 Å². The molecular formula is C58H74FN11O12S. The lowest BCUT2D eigenvalue weighted by Crippen LogP contribution is -2.56. The maximum Gasteiger partial charge on any atom is 0.343 e. The second kappa shape index (κ2) is 26.6. The van der Waals surface area contributed by atoms with E-state index < -0.39 is 100 Å². The van der Waals surface area contributed by atoms with E-state index in [2.05, 4.69) is 72.3 Å². The molecule has 6 heterocycles. The second-order valence-electron chi connectivity index (χ2n) is 22.3. The number of rotatable bonds is 23. The number of aliphatic hydroxyl groups is 1. The lowest BCUT2D eigenvalue weighted by atomic mass is 9.81. The molecule has 446 valence electrons. The summed E-state index contributed by atoms with van der Waals surface area (Å²) in [5.41, 5.74) is 1.66. The van der Waals surface area contributed by atoms with Crippen LogP contribution in [-0.4, -0.2) is 156 Å². The van der Waals surface area contributed by atoms with Gasteiger partial charge < -0.3 is 55.5 Å². The van der Waals surface area contributed by atoms with Crippen molar-refractivity contribution in [3.8, 4) is 23.2 Å². The van der Waals surface area contributed by atoms with E-state index in [9.17, 15) is 47.1 Å². The van der Waals surface area contributed by atoms with Crippen molar-refractivity contribution < 1.29 is 56.2 Å². The molecule has 1 aliphatic carbocycles. The number of amides is 5. The number of hydrogen-bond acceptors (Lipinski definition) is 17. The normalized spacial score (nSPS) is 18.3. The first kappa shape index (κ1) is 61.8. The van der Waals surface area contributed by atoms with Crippen LogP contribution in [0.1, 0.15) is 130 Å². The molecule has 1 aromatic carbocycles. The van der Waals surface area contributed by atoms with Crippen molar-refractivity contribution in [2.45, 2.75) is 146 Å². The first-order chi connectivity index (χ1) is 39.5. The van der Waals surface area contributed by atoms with Crippen LogP contribution in [0.4, 0.5) is 4.39 Å². The summed E-state index contributed by atoms with van der Waals surface area (Å²) >= 11 is 0. The number of sulfone groups is 1. The molecule has 1 saturated heterocycles. The molecule has 0 radical (unpaired) electrons. The Hall–Kier alpha value is -7.24.